The minimum atomic E-state index is -3.70. The molecule has 1 aromatic rings. The van der Waals surface area contributed by atoms with Crippen LogP contribution in [-0.2, 0) is 29.1 Å². The molecule has 1 aromatic carbocycles. The first kappa shape index (κ1) is 37.5. The SMILES string of the molecule is CNC(=O)[C@H](CCCCNS(=O)(=O)c1c(C)cc(C)cc1C)NC(=O)[C@H](CC(C)C)[C@H](CCCO)C(=O)OC(C)(C)C. The van der Waals surface area contributed by atoms with Crippen LogP contribution in [0.2, 0.25) is 0 Å². The van der Waals surface area contributed by atoms with Gasteiger partial charge in [-0.1, -0.05) is 31.5 Å². The average molecular weight is 612 g/mol. The molecule has 4 N–H and O–H groups in total. The molecule has 0 aliphatic carbocycles. The zero-order chi connectivity index (χ0) is 32.3. The topological polar surface area (TPSA) is 151 Å². The number of aryl methyl sites for hydroxylation is 3. The number of hydrogen-bond donors (Lipinski definition) is 4. The second-order valence-corrected chi connectivity index (χ2v) is 14.2. The summed E-state index contributed by atoms with van der Waals surface area (Å²) in [6.07, 6.45) is 2.24. The Morgan fingerprint density at radius 1 is 0.929 bits per heavy atom. The predicted molar refractivity (Wildman–Crippen MR) is 164 cm³/mol. The van der Waals surface area contributed by atoms with E-state index in [0.717, 1.165) is 5.56 Å². The monoisotopic (exact) mass is 611 g/mol. The molecule has 1 rings (SSSR count). The number of aliphatic hydroxyl groups is 1. The van der Waals surface area contributed by atoms with Crippen molar-refractivity contribution in [3.63, 3.8) is 0 Å². The lowest BCUT2D eigenvalue weighted by Crippen LogP contribution is -2.50. The van der Waals surface area contributed by atoms with E-state index in [0.29, 0.717) is 36.8 Å². The number of amides is 2. The summed E-state index contributed by atoms with van der Waals surface area (Å²) < 4.78 is 34.2. The molecule has 0 unspecified atom stereocenters. The van der Waals surface area contributed by atoms with E-state index in [9.17, 15) is 27.9 Å². The van der Waals surface area contributed by atoms with E-state index in [1.165, 1.54) is 7.05 Å². The Morgan fingerprint density at radius 2 is 1.52 bits per heavy atom. The lowest BCUT2D eigenvalue weighted by Gasteiger charge is -2.30. The van der Waals surface area contributed by atoms with Gasteiger partial charge in [-0.15, -0.1) is 0 Å². The smallest absolute Gasteiger partial charge is 0.310 e. The van der Waals surface area contributed by atoms with Gasteiger partial charge in [0, 0.05) is 20.2 Å². The van der Waals surface area contributed by atoms with Crippen molar-refractivity contribution in [3.05, 3.63) is 28.8 Å². The van der Waals surface area contributed by atoms with E-state index in [1.807, 2.05) is 32.9 Å². The van der Waals surface area contributed by atoms with Crippen molar-refractivity contribution >= 4 is 27.8 Å². The van der Waals surface area contributed by atoms with Gasteiger partial charge >= 0.3 is 5.97 Å². The number of nitrogens with one attached hydrogen (secondary N) is 3. The van der Waals surface area contributed by atoms with Gasteiger partial charge in [-0.25, -0.2) is 13.1 Å². The van der Waals surface area contributed by atoms with Crippen LogP contribution in [0.4, 0.5) is 0 Å². The Hall–Kier alpha value is -2.50. The first-order chi connectivity index (χ1) is 19.4. The lowest BCUT2D eigenvalue weighted by molar-refractivity contribution is -0.164. The van der Waals surface area contributed by atoms with Gasteiger partial charge in [-0.3, -0.25) is 14.4 Å². The minimum absolute atomic E-state index is 0.0899. The minimum Gasteiger partial charge on any atom is -0.460 e. The number of unbranched alkanes of at least 4 members (excludes halogenated alkanes) is 1. The fourth-order valence-electron chi connectivity index (χ4n) is 5.20. The van der Waals surface area contributed by atoms with Crippen LogP contribution in [0, 0.1) is 38.5 Å². The molecule has 11 heteroatoms. The van der Waals surface area contributed by atoms with Crippen molar-refractivity contribution in [2.75, 3.05) is 20.2 Å². The molecule has 0 aliphatic rings. The van der Waals surface area contributed by atoms with Crippen molar-refractivity contribution in [2.45, 2.75) is 110 Å². The normalized spacial score (nSPS) is 14.3. The molecule has 0 bridgehead atoms. The number of carbonyl (C=O) groups excluding carboxylic acids is 3. The number of carbonyl (C=O) groups is 3. The van der Waals surface area contributed by atoms with Crippen LogP contribution in [-0.4, -0.2) is 63.2 Å². The number of aliphatic hydroxyl groups excluding tert-OH is 1. The summed E-state index contributed by atoms with van der Waals surface area (Å²) in [7, 11) is -2.22. The molecule has 0 heterocycles. The number of likely N-dealkylation sites (N-methyl/N-ethyl adjacent to an activating group) is 1. The van der Waals surface area contributed by atoms with Crippen molar-refractivity contribution in [1.29, 1.82) is 0 Å². The standard InChI is InChI=1S/C31H53N3O7S/c1-20(2)17-25(24(13-12-16-35)30(38)41-31(6,7)8)28(36)34-26(29(37)32-9)14-10-11-15-33-42(39,40)27-22(4)18-21(3)19-23(27)5/h18-20,24-26,33,35H,10-17H2,1-9H3,(H,32,37)(H,34,36)/t24-,25+,26-/m0/s1. The Morgan fingerprint density at radius 3 is 2.02 bits per heavy atom. The fourth-order valence-corrected chi connectivity index (χ4v) is 6.72. The summed E-state index contributed by atoms with van der Waals surface area (Å²) >= 11 is 0. The third-order valence-electron chi connectivity index (χ3n) is 6.90. The summed E-state index contributed by atoms with van der Waals surface area (Å²) in [5.41, 5.74) is 1.62. The second kappa shape index (κ2) is 17.0. The number of esters is 1. The molecule has 0 radical (unpaired) electrons. The van der Waals surface area contributed by atoms with Gasteiger partial charge in [0.1, 0.15) is 11.6 Å². The second-order valence-electron chi connectivity index (χ2n) is 12.5. The third kappa shape index (κ3) is 12.4. The van der Waals surface area contributed by atoms with Crippen LogP contribution < -0.4 is 15.4 Å². The van der Waals surface area contributed by atoms with Gasteiger partial charge in [0.15, 0.2) is 0 Å². The fraction of sp³-hybridized carbons (Fsp3) is 0.710. The molecule has 0 aromatic heterocycles. The van der Waals surface area contributed by atoms with Crippen molar-refractivity contribution in [3.8, 4) is 0 Å². The molecule has 240 valence electrons. The van der Waals surface area contributed by atoms with E-state index in [4.69, 9.17) is 4.74 Å². The largest absolute Gasteiger partial charge is 0.460 e. The maximum absolute atomic E-state index is 13.6. The molecule has 0 saturated carbocycles. The predicted octanol–water partition coefficient (Wildman–Crippen LogP) is 3.68. The number of ether oxygens (including phenoxy) is 1. The Bertz CT molecular complexity index is 1140. The molecule has 2 amide bonds. The Balaban J connectivity index is 2.97. The zero-order valence-corrected chi connectivity index (χ0v) is 27.7. The van der Waals surface area contributed by atoms with E-state index >= 15 is 0 Å². The quantitative estimate of drug-likeness (QED) is 0.155. The average Bonchev–Trinajstić information content (AvgIpc) is 2.84. The summed E-state index contributed by atoms with van der Waals surface area (Å²) in [5, 5.41) is 14.8. The highest BCUT2D eigenvalue weighted by Gasteiger charge is 2.37. The Labute approximate surface area is 252 Å². The van der Waals surface area contributed by atoms with Crippen molar-refractivity contribution in [2.24, 2.45) is 17.8 Å². The molecule has 0 saturated heterocycles. The summed E-state index contributed by atoms with van der Waals surface area (Å²) in [5.74, 6) is -2.72. The highest BCUT2D eigenvalue weighted by molar-refractivity contribution is 7.89. The summed E-state index contributed by atoms with van der Waals surface area (Å²) in [6.45, 7) is 14.7. The third-order valence-corrected chi connectivity index (χ3v) is 8.66. The summed E-state index contributed by atoms with van der Waals surface area (Å²) in [6, 6.07) is 2.82. The van der Waals surface area contributed by atoms with Crippen LogP contribution >= 0.6 is 0 Å². The van der Waals surface area contributed by atoms with E-state index in [1.54, 1.807) is 34.6 Å². The van der Waals surface area contributed by atoms with Gasteiger partial charge in [0.2, 0.25) is 21.8 Å². The van der Waals surface area contributed by atoms with E-state index in [-0.39, 0.29) is 42.7 Å². The molecular weight excluding hydrogens is 558 g/mol. The van der Waals surface area contributed by atoms with Crippen LogP contribution in [0.1, 0.15) is 89.8 Å². The molecular formula is C31H53N3O7S. The number of benzene rings is 1. The van der Waals surface area contributed by atoms with Gasteiger partial charge < -0.3 is 20.5 Å². The van der Waals surface area contributed by atoms with E-state index < -0.39 is 45.4 Å². The molecule has 3 atom stereocenters. The lowest BCUT2D eigenvalue weighted by atomic mass is 9.81. The van der Waals surface area contributed by atoms with E-state index in [2.05, 4.69) is 15.4 Å². The first-order valence-corrected chi connectivity index (χ1v) is 16.3. The van der Waals surface area contributed by atoms with Gasteiger partial charge in [0.05, 0.1) is 16.7 Å². The molecule has 42 heavy (non-hydrogen) atoms. The highest BCUT2D eigenvalue weighted by Crippen LogP contribution is 2.28. The van der Waals surface area contributed by atoms with Crippen LogP contribution in [0.3, 0.4) is 0 Å². The van der Waals surface area contributed by atoms with Crippen LogP contribution in [0.25, 0.3) is 0 Å². The molecule has 0 aliphatic heterocycles. The van der Waals surface area contributed by atoms with Crippen LogP contribution in [0.5, 0.6) is 0 Å². The van der Waals surface area contributed by atoms with Gasteiger partial charge in [-0.05, 0) is 97.1 Å². The molecule has 0 fully saturated rings. The van der Waals surface area contributed by atoms with Crippen molar-refractivity contribution < 1.29 is 32.6 Å². The number of sulfonamides is 1. The zero-order valence-electron chi connectivity index (χ0n) is 26.9. The van der Waals surface area contributed by atoms with Crippen LogP contribution in [0.15, 0.2) is 17.0 Å². The maximum atomic E-state index is 13.6. The maximum Gasteiger partial charge on any atom is 0.310 e. The Kier molecular flexibility index (Phi) is 15.2. The van der Waals surface area contributed by atoms with Gasteiger partial charge in [-0.2, -0.15) is 0 Å². The summed E-state index contributed by atoms with van der Waals surface area (Å²) in [4.78, 5) is 39.7. The number of hydrogen-bond acceptors (Lipinski definition) is 7. The first-order valence-electron chi connectivity index (χ1n) is 14.9. The molecule has 0 spiro atoms. The number of rotatable bonds is 17. The van der Waals surface area contributed by atoms with Gasteiger partial charge in [0.25, 0.3) is 0 Å². The highest BCUT2D eigenvalue weighted by atomic mass is 32.2. The molecule has 10 nitrogen and oxygen atoms in total. The van der Waals surface area contributed by atoms with Crippen molar-refractivity contribution in [1.82, 2.24) is 15.4 Å².